The average Bonchev–Trinajstić information content (AvgIpc) is 3.41. The largest absolute Gasteiger partial charge is 0.274 e. The number of carbonyl (C=O) groups is 1. The molecule has 0 saturated heterocycles. The minimum Gasteiger partial charge on any atom is -0.274 e. The number of aromatic nitrogens is 5. The lowest BCUT2D eigenvalue weighted by atomic mass is 10.1. The molecule has 0 aliphatic carbocycles. The standard InChI is InChI=1S/C22H21FN6OS/c1-4-16-7-5-6-8-20(16)29(15(3)30)22-24-18(13-31-22)12-28-26-21(25-27-28)17-9-10-19(23)14(2)11-17/h5-11,13H,4,12H2,1-3H3. The Bertz CT molecular complexity index is 1230. The molecule has 1 amide bonds. The van der Waals surface area contributed by atoms with E-state index in [4.69, 9.17) is 0 Å². The number of thiazole rings is 1. The lowest BCUT2D eigenvalue weighted by molar-refractivity contribution is -0.115. The van der Waals surface area contributed by atoms with E-state index in [2.05, 4.69) is 27.3 Å². The van der Waals surface area contributed by atoms with Crippen LogP contribution < -0.4 is 4.90 Å². The van der Waals surface area contributed by atoms with Crippen LogP contribution in [0.15, 0.2) is 47.8 Å². The summed E-state index contributed by atoms with van der Waals surface area (Å²) in [5, 5.41) is 15.0. The van der Waals surface area contributed by atoms with Gasteiger partial charge in [0.05, 0.1) is 11.4 Å². The number of rotatable bonds is 6. The van der Waals surface area contributed by atoms with Gasteiger partial charge >= 0.3 is 0 Å². The molecule has 0 fully saturated rings. The Labute approximate surface area is 183 Å². The first-order valence-electron chi connectivity index (χ1n) is 9.83. The summed E-state index contributed by atoms with van der Waals surface area (Å²) in [5.41, 5.74) is 3.86. The van der Waals surface area contributed by atoms with Crippen LogP contribution in [0.5, 0.6) is 0 Å². The second-order valence-corrected chi connectivity index (χ2v) is 7.90. The monoisotopic (exact) mass is 436 g/mol. The van der Waals surface area contributed by atoms with E-state index >= 15 is 0 Å². The third-order valence-corrected chi connectivity index (χ3v) is 5.71. The highest BCUT2D eigenvalue weighted by Crippen LogP contribution is 2.32. The molecule has 0 saturated carbocycles. The van der Waals surface area contributed by atoms with Crippen LogP contribution in [-0.2, 0) is 17.8 Å². The molecular formula is C22H21FN6OS. The fraction of sp³-hybridized carbons (Fsp3) is 0.227. The van der Waals surface area contributed by atoms with Gasteiger partial charge in [-0.25, -0.2) is 9.37 Å². The van der Waals surface area contributed by atoms with Crippen molar-refractivity contribution in [3.8, 4) is 11.4 Å². The van der Waals surface area contributed by atoms with Crippen LogP contribution in [-0.4, -0.2) is 31.1 Å². The zero-order valence-corrected chi connectivity index (χ0v) is 18.2. The molecule has 2 aromatic carbocycles. The van der Waals surface area contributed by atoms with Crippen LogP contribution in [0.3, 0.4) is 0 Å². The van der Waals surface area contributed by atoms with Gasteiger partial charge in [0.15, 0.2) is 5.13 Å². The van der Waals surface area contributed by atoms with Crippen molar-refractivity contribution in [2.24, 2.45) is 0 Å². The lowest BCUT2D eigenvalue weighted by Crippen LogP contribution is -2.23. The average molecular weight is 437 g/mol. The molecule has 2 heterocycles. The van der Waals surface area contributed by atoms with Gasteiger partial charge < -0.3 is 0 Å². The van der Waals surface area contributed by atoms with Crippen LogP contribution in [0.2, 0.25) is 0 Å². The number of nitrogens with zero attached hydrogens (tertiary/aromatic N) is 6. The quantitative estimate of drug-likeness (QED) is 0.444. The second-order valence-electron chi connectivity index (χ2n) is 7.07. The summed E-state index contributed by atoms with van der Waals surface area (Å²) < 4.78 is 13.5. The zero-order chi connectivity index (χ0) is 22.0. The Morgan fingerprint density at radius 1 is 1.23 bits per heavy atom. The SMILES string of the molecule is CCc1ccccc1N(C(C)=O)c1nc(Cn2nnc(-c3ccc(F)c(C)c3)n2)cs1. The van der Waals surface area contributed by atoms with Crippen molar-refractivity contribution in [3.05, 3.63) is 70.5 Å². The van der Waals surface area contributed by atoms with Gasteiger partial charge in [0, 0.05) is 17.9 Å². The van der Waals surface area contributed by atoms with E-state index < -0.39 is 0 Å². The number of hydrogen-bond donors (Lipinski definition) is 0. The maximum absolute atomic E-state index is 13.5. The number of benzene rings is 2. The Morgan fingerprint density at radius 2 is 2.03 bits per heavy atom. The Balaban J connectivity index is 1.57. The highest BCUT2D eigenvalue weighted by molar-refractivity contribution is 7.14. The van der Waals surface area contributed by atoms with E-state index in [9.17, 15) is 9.18 Å². The molecule has 158 valence electrons. The highest BCUT2D eigenvalue weighted by Gasteiger charge is 2.20. The number of para-hydroxylation sites is 1. The van der Waals surface area contributed by atoms with Crippen molar-refractivity contribution in [1.29, 1.82) is 0 Å². The van der Waals surface area contributed by atoms with Crippen molar-refractivity contribution >= 4 is 28.1 Å². The summed E-state index contributed by atoms with van der Waals surface area (Å²) in [5.74, 6) is 0.0428. The van der Waals surface area contributed by atoms with Gasteiger partial charge in [-0.3, -0.25) is 9.69 Å². The maximum atomic E-state index is 13.5. The van der Waals surface area contributed by atoms with Gasteiger partial charge in [-0.15, -0.1) is 21.5 Å². The molecule has 0 spiro atoms. The molecule has 0 aliphatic rings. The van der Waals surface area contributed by atoms with Crippen molar-refractivity contribution in [1.82, 2.24) is 25.2 Å². The van der Waals surface area contributed by atoms with Crippen LogP contribution in [0.1, 0.15) is 30.7 Å². The summed E-state index contributed by atoms with van der Waals surface area (Å²) in [6.45, 7) is 5.59. The summed E-state index contributed by atoms with van der Waals surface area (Å²) >= 11 is 1.39. The summed E-state index contributed by atoms with van der Waals surface area (Å²) in [7, 11) is 0. The van der Waals surface area contributed by atoms with Crippen LogP contribution in [0, 0.1) is 12.7 Å². The number of carbonyl (C=O) groups excluding carboxylic acids is 1. The first kappa shape index (κ1) is 20.8. The zero-order valence-electron chi connectivity index (χ0n) is 17.4. The number of amides is 1. The Kier molecular flexibility index (Phi) is 5.85. The summed E-state index contributed by atoms with van der Waals surface area (Å²) in [6.07, 6.45) is 0.812. The van der Waals surface area contributed by atoms with Gasteiger partial charge in [0.25, 0.3) is 0 Å². The van der Waals surface area contributed by atoms with Crippen molar-refractivity contribution in [2.75, 3.05) is 4.90 Å². The van der Waals surface area contributed by atoms with Gasteiger partial charge in [-0.1, -0.05) is 25.1 Å². The predicted molar refractivity (Wildman–Crippen MR) is 118 cm³/mol. The summed E-state index contributed by atoms with van der Waals surface area (Å²) in [4.78, 5) is 20.1. The molecule has 0 N–H and O–H groups in total. The number of anilines is 2. The highest BCUT2D eigenvalue weighted by atomic mass is 32.1. The molecule has 31 heavy (non-hydrogen) atoms. The fourth-order valence-corrected chi connectivity index (χ4v) is 4.13. The minimum absolute atomic E-state index is 0.102. The number of halogens is 1. The molecule has 0 unspecified atom stereocenters. The van der Waals surface area contributed by atoms with Crippen molar-refractivity contribution in [2.45, 2.75) is 33.7 Å². The summed E-state index contributed by atoms with van der Waals surface area (Å²) in [6, 6.07) is 12.5. The molecule has 2 aromatic heterocycles. The topological polar surface area (TPSA) is 76.8 Å². The first-order chi connectivity index (χ1) is 15.0. The van der Waals surface area contributed by atoms with Gasteiger partial charge in [-0.05, 0) is 54.0 Å². The van der Waals surface area contributed by atoms with Crippen LogP contribution in [0.4, 0.5) is 15.2 Å². The van der Waals surface area contributed by atoms with Crippen molar-refractivity contribution < 1.29 is 9.18 Å². The number of hydrogen-bond acceptors (Lipinski definition) is 6. The van der Waals surface area contributed by atoms with E-state index in [1.165, 1.54) is 29.1 Å². The normalized spacial score (nSPS) is 11.0. The lowest BCUT2D eigenvalue weighted by Gasteiger charge is -2.20. The first-order valence-corrected chi connectivity index (χ1v) is 10.7. The molecule has 4 aromatic rings. The molecule has 7 nitrogen and oxygen atoms in total. The molecule has 4 rings (SSSR count). The smallest absolute Gasteiger partial charge is 0.230 e. The molecule has 0 atom stereocenters. The maximum Gasteiger partial charge on any atom is 0.230 e. The van der Waals surface area contributed by atoms with Gasteiger partial charge in [-0.2, -0.15) is 4.80 Å². The van der Waals surface area contributed by atoms with E-state index in [0.29, 0.717) is 28.6 Å². The molecular weight excluding hydrogens is 415 g/mol. The van der Waals surface area contributed by atoms with E-state index in [0.717, 1.165) is 23.4 Å². The molecule has 9 heteroatoms. The van der Waals surface area contributed by atoms with Gasteiger partial charge in [0.2, 0.25) is 11.7 Å². The number of aryl methyl sites for hydroxylation is 2. The second kappa shape index (κ2) is 8.73. The van der Waals surface area contributed by atoms with E-state index in [-0.39, 0.29) is 11.7 Å². The van der Waals surface area contributed by atoms with Crippen LogP contribution in [0.25, 0.3) is 11.4 Å². The minimum atomic E-state index is -0.272. The molecule has 0 bridgehead atoms. The Morgan fingerprint density at radius 3 is 2.77 bits per heavy atom. The fourth-order valence-electron chi connectivity index (χ4n) is 3.26. The van der Waals surface area contributed by atoms with E-state index in [1.54, 1.807) is 24.0 Å². The predicted octanol–water partition coefficient (Wildman–Crippen LogP) is 4.54. The molecule has 0 radical (unpaired) electrons. The Hall–Kier alpha value is -3.46. The molecule has 0 aliphatic heterocycles. The van der Waals surface area contributed by atoms with Crippen molar-refractivity contribution in [3.63, 3.8) is 0 Å². The van der Waals surface area contributed by atoms with Crippen LogP contribution >= 0.6 is 11.3 Å². The third-order valence-electron chi connectivity index (χ3n) is 4.83. The van der Waals surface area contributed by atoms with Gasteiger partial charge in [0.1, 0.15) is 12.4 Å². The number of tetrazole rings is 1. The third kappa shape index (κ3) is 4.36. The van der Waals surface area contributed by atoms with E-state index in [1.807, 2.05) is 29.6 Å².